The third-order valence-electron chi connectivity index (χ3n) is 5.51. The highest BCUT2D eigenvalue weighted by atomic mass is 32.2. The van der Waals surface area contributed by atoms with E-state index < -0.39 is 0 Å². The van der Waals surface area contributed by atoms with E-state index in [4.69, 9.17) is 9.72 Å². The Labute approximate surface area is 192 Å². The van der Waals surface area contributed by atoms with Gasteiger partial charge in [0.05, 0.1) is 23.8 Å². The van der Waals surface area contributed by atoms with E-state index in [1.807, 2.05) is 41.0 Å². The van der Waals surface area contributed by atoms with Gasteiger partial charge in [-0.05, 0) is 17.7 Å². The van der Waals surface area contributed by atoms with Crippen LogP contribution in [0.3, 0.4) is 0 Å². The van der Waals surface area contributed by atoms with E-state index in [0.717, 1.165) is 27.4 Å². The van der Waals surface area contributed by atoms with Gasteiger partial charge in [-0.15, -0.1) is 21.5 Å². The normalized spacial score (nSPS) is 16.3. The summed E-state index contributed by atoms with van der Waals surface area (Å²) in [6, 6.07) is 9.35. The summed E-state index contributed by atoms with van der Waals surface area (Å²) in [5.41, 5.74) is 2.83. The van der Waals surface area contributed by atoms with Crippen molar-refractivity contribution >= 4 is 56.5 Å². The highest BCUT2D eigenvalue weighted by Crippen LogP contribution is 2.40. The van der Waals surface area contributed by atoms with Gasteiger partial charge in [0.1, 0.15) is 4.83 Å². The van der Waals surface area contributed by atoms with Crippen molar-refractivity contribution in [2.75, 3.05) is 12.0 Å². The van der Waals surface area contributed by atoms with Crippen molar-refractivity contribution in [1.29, 1.82) is 0 Å². The third kappa shape index (κ3) is 3.77. The molecule has 1 aliphatic heterocycles. The molecule has 1 aromatic carbocycles. The smallest absolute Gasteiger partial charge is 0.198 e. The van der Waals surface area contributed by atoms with Crippen LogP contribution in [0.2, 0.25) is 0 Å². The molecule has 3 aromatic heterocycles. The number of thiophene rings is 1. The summed E-state index contributed by atoms with van der Waals surface area (Å²) in [6.07, 6.45) is 3.07. The first kappa shape index (κ1) is 20.9. The zero-order chi connectivity index (χ0) is 21.5. The lowest BCUT2D eigenvalue weighted by atomic mass is 9.96. The monoisotopic (exact) mass is 470 g/mol. The molecule has 0 spiro atoms. The van der Waals surface area contributed by atoms with Crippen LogP contribution in [0.25, 0.3) is 15.9 Å². The first-order chi connectivity index (χ1) is 15.1. The lowest BCUT2D eigenvalue weighted by molar-refractivity contribution is 0.00203. The molecule has 0 amide bonds. The van der Waals surface area contributed by atoms with E-state index in [2.05, 4.69) is 24.0 Å². The van der Waals surface area contributed by atoms with E-state index in [1.54, 1.807) is 23.1 Å². The van der Waals surface area contributed by atoms with E-state index in [9.17, 15) is 4.79 Å². The number of rotatable bonds is 6. The average Bonchev–Trinajstić information content (AvgIpc) is 3.37. The summed E-state index contributed by atoms with van der Waals surface area (Å²) in [7, 11) is 0. The Kier molecular flexibility index (Phi) is 5.76. The predicted octanol–water partition coefficient (Wildman–Crippen LogP) is 5.13. The van der Waals surface area contributed by atoms with Crippen molar-refractivity contribution in [3.8, 4) is 0 Å². The van der Waals surface area contributed by atoms with E-state index >= 15 is 0 Å². The molecule has 0 radical (unpaired) electrons. The minimum atomic E-state index is 0.0759. The van der Waals surface area contributed by atoms with Crippen molar-refractivity contribution in [2.45, 2.75) is 43.3 Å². The molecule has 4 aromatic rings. The number of hydrogen-bond acceptors (Lipinski definition) is 8. The van der Waals surface area contributed by atoms with Crippen LogP contribution in [0.4, 0.5) is 0 Å². The van der Waals surface area contributed by atoms with Gasteiger partial charge in [-0.1, -0.05) is 67.7 Å². The van der Waals surface area contributed by atoms with Gasteiger partial charge < -0.3 is 4.74 Å². The van der Waals surface area contributed by atoms with Crippen LogP contribution in [-0.2, 0) is 17.8 Å². The number of benzene rings is 1. The van der Waals surface area contributed by atoms with Crippen LogP contribution in [0, 0.1) is 5.92 Å². The van der Waals surface area contributed by atoms with Gasteiger partial charge in [-0.25, -0.2) is 9.38 Å². The predicted molar refractivity (Wildman–Crippen MR) is 127 cm³/mol. The number of ketones is 1. The van der Waals surface area contributed by atoms with Crippen molar-refractivity contribution < 1.29 is 9.53 Å². The quantitative estimate of drug-likeness (QED) is 0.220. The topological polar surface area (TPSA) is 69.4 Å². The highest BCUT2D eigenvalue weighted by Gasteiger charge is 2.29. The molecule has 6 nitrogen and oxygen atoms in total. The van der Waals surface area contributed by atoms with Gasteiger partial charge in [-0.2, -0.15) is 0 Å². The fourth-order valence-corrected chi connectivity index (χ4v) is 6.42. The molecule has 9 heteroatoms. The number of thioether (sulfide) groups is 2. The molecule has 0 N–H and O–H groups in total. The van der Waals surface area contributed by atoms with Crippen LogP contribution in [0.1, 0.15) is 34.6 Å². The zero-order valence-corrected chi connectivity index (χ0v) is 19.9. The second-order valence-electron chi connectivity index (χ2n) is 7.80. The van der Waals surface area contributed by atoms with Crippen LogP contribution in [0.15, 0.2) is 40.6 Å². The summed E-state index contributed by atoms with van der Waals surface area (Å²) in [5, 5.41) is 11.6. The number of ether oxygens (including phenoxy) is 1. The Morgan fingerprint density at radius 2 is 2.06 bits per heavy atom. The molecule has 0 unspecified atom stereocenters. The van der Waals surface area contributed by atoms with Gasteiger partial charge in [0, 0.05) is 16.9 Å². The van der Waals surface area contributed by atoms with Gasteiger partial charge >= 0.3 is 0 Å². The lowest BCUT2D eigenvalue weighted by Gasteiger charge is -2.26. The summed E-state index contributed by atoms with van der Waals surface area (Å²) in [6.45, 7) is 5.01. The number of Topliss-reactive ketones (excluding diaryl/α,β-unsaturated/α-hetero) is 1. The highest BCUT2D eigenvalue weighted by molar-refractivity contribution is 8.00. The van der Waals surface area contributed by atoms with Gasteiger partial charge in [0.2, 0.25) is 0 Å². The van der Waals surface area contributed by atoms with E-state index in [0.29, 0.717) is 29.0 Å². The van der Waals surface area contributed by atoms with Crippen LogP contribution >= 0.6 is 34.9 Å². The summed E-state index contributed by atoms with van der Waals surface area (Å²) in [4.78, 5) is 19.7. The fraction of sp³-hybridized carbons (Fsp3) is 0.364. The second-order valence-corrected chi connectivity index (χ2v) is 10.6. The summed E-state index contributed by atoms with van der Waals surface area (Å²) >= 11 is 4.66. The Morgan fingerprint density at radius 3 is 2.81 bits per heavy atom. The third-order valence-corrected chi connectivity index (χ3v) is 8.17. The standard InChI is InChI=1S/C22H22N4O2S3/c1-12(2)16-9-14-17(10-28-16)31-20-18(14)19-24-25-22(26(19)21(23-20)29-3)30-11-15(27)13-7-5-4-6-8-13/h4-8,12,16H,9-11H2,1-3H3/t16-/m1/s1. The largest absolute Gasteiger partial charge is 0.372 e. The maximum absolute atomic E-state index is 12.6. The first-order valence-electron chi connectivity index (χ1n) is 10.1. The second kappa shape index (κ2) is 8.54. The molecule has 4 heterocycles. The van der Waals surface area contributed by atoms with Crippen LogP contribution in [0.5, 0.6) is 0 Å². The fourth-order valence-electron chi connectivity index (χ4n) is 3.82. The molecule has 0 fully saturated rings. The molecule has 0 bridgehead atoms. The van der Waals surface area contributed by atoms with Crippen molar-refractivity contribution in [1.82, 2.24) is 19.6 Å². The SMILES string of the molecule is CSc1nc2sc3c(c2c2nnc(SCC(=O)c4ccccc4)n12)C[C@H](C(C)C)OC3. The number of carbonyl (C=O) groups is 1. The minimum Gasteiger partial charge on any atom is -0.372 e. The van der Waals surface area contributed by atoms with Crippen molar-refractivity contribution in [2.24, 2.45) is 5.92 Å². The first-order valence-corrected chi connectivity index (χ1v) is 13.2. The molecule has 1 aliphatic rings. The maximum Gasteiger partial charge on any atom is 0.198 e. The Balaban J connectivity index is 1.55. The van der Waals surface area contributed by atoms with Crippen LogP contribution < -0.4 is 0 Å². The Bertz CT molecular complexity index is 1270. The molecule has 0 saturated carbocycles. The van der Waals surface area contributed by atoms with Crippen LogP contribution in [-0.4, -0.2) is 43.5 Å². The maximum atomic E-state index is 12.6. The van der Waals surface area contributed by atoms with E-state index in [1.165, 1.54) is 22.2 Å². The number of carbonyl (C=O) groups excluding carboxylic acids is 1. The number of fused-ring (bicyclic) bond motifs is 5. The Hall–Kier alpha value is -1.94. The number of hydrogen-bond donors (Lipinski definition) is 0. The van der Waals surface area contributed by atoms with Gasteiger partial charge in [0.25, 0.3) is 0 Å². The summed E-state index contributed by atoms with van der Waals surface area (Å²) < 4.78 is 8.07. The van der Waals surface area contributed by atoms with Gasteiger partial charge in [0.15, 0.2) is 21.7 Å². The molecular weight excluding hydrogens is 448 g/mol. The minimum absolute atomic E-state index is 0.0759. The molecule has 160 valence electrons. The molecular formula is C22H22N4O2S3. The lowest BCUT2D eigenvalue weighted by Crippen LogP contribution is -2.26. The zero-order valence-electron chi connectivity index (χ0n) is 17.5. The van der Waals surface area contributed by atoms with E-state index in [-0.39, 0.29) is 11.9 Å². The molecule has 0 saturated heterocycles. The Morgan fingerprint density at radius 1 is 1.26 bits per heavy atom. The molecule has 5 rings (SSSR count). The summed E-state index contributed by atoms with van der Waals surface area (Å²) in [5.74, 6) is 0.833. The molecule has 1 atom stereocenters. The molecule has 31 heavy (non-hydrogen) atoms. The molecule has 0 aliphatic carbocycles. The number of nitrogens with zero attached hydrogens (tertiary/aromatic N) is 4. The van der Waals surface area contributed by atoms with Gasteiger partial charge in [-0.3, -0.25) is 4.79 Å². The van der Waals surface area contributed by atoms with Crippen molar-refractivity contribution in [3.05, 3.63) is 46.3 Å². The van der Waals surface area contributed by atoms with Crippen molar-refractivity contribution in [3.63, 3.8) is 0 Å². The average molecular weight is 471 g/mol. The number of aromatic nitrogens is 4.